The highest BCUT2D eigenvalue weighted by Crippen LogP contribution is 2.33. The van der Waals surface area contributed by atoms with Crippen molar-refractivity contribution in [3.8, 4) is 5.75 Å². The normalized spacial score (nSPS) is 15.8. The van der Waals surface area contributed by atoms with Crippen molar-refractivity contribution in [1.82, 2.24) is 0 Å². The van der Waals surface area contributed by atoms with E-state index in [2.05, 4.69) is 19.2 Å². The number of nitrogens with one attached hydrogen (secondary N) is 1. The third-order valence-electron chi connectivity index (χ3n) is 4.69. The summed E-state index contributed by atoms with van der Waals surface area (Å²) >= 11 is 0. The number of carbonyl (C=O) groups is 2. The lowest BCUT2D eigenvalue weighted by molar-refractivity contribution is -0.123. The third-order valence-corrected chi connectivity index (χ3v) is 4.69. The molecule has 0 radical (unpaired) electrons. The fourth-order valence-corrected chi connectivity index (χ4v) is 3.28. The average molecular weight is 352 g/mol. The van der Waals surface area contributed by atoms with E-state index < -0.39 is 6.10 Å². The highest BCUT2D eigenvalue weighted by molar-refractivity contribution is 6.00. The summed E-state index contributed by atoms with van der Waals surface area (Å²) in [7, 11) is 0. The summed E-state index contributed by atoms with van der Waals surface area (Å²) < 4.78 is 5.89. The number of aryl methyl sites for hydroxylation is 2. The van der Waals surface area contributed by atoms with Gasteiger partial charge in [0.05, 0.1) is 12.2 Å². The molecule has 0 bridgehead atoms. The lowest BCUT2D eigenvalue weighted by atomic mass is 10.0. The van der Waals surface area contributed by atoms with Crippen molar-refractivity contribution in [3.63, 3.8) is 0 Å². The first-order chi connectivity index (χ1) is 12.5. The first-order valence-corrected chi connectivity index (χ1v) is 9.00. The molecule has 1 atom stereocenters. The highest BCUT2D eigenvalue weighted by Gasteiger charge is 2.32. The van der Waals surface area contributed by atoms with Gasteiger partial charge in [-0.3, -0.25) is 9.59 Å². The molecule has 0 saturated carbocycles. The van der Waals surface area contributed by atoms with Crippen molar-refractivity contribution in [2.75, 3.05) is 16.8 Å². The van der Waals surface area contributed by atoms with Crippen LogP contribution in [0.1, 0.15) is 31.9 Å². The average Bonchev–Trinajstić information content (AvgIpc) is 2.66. The number of amides is 2. The Morgan fingerprint density at radius 2 is 1.73 bits per heavy atom. The van der Waals surface area contributed by atoms with Gasteiger partial charge in [0.2, 0.25) is 5.91 Å². The SMILES string of the molecule is CCc1cccc(CC)c1NC(=O)C1CN(C(C)=O)c2ccccc2O1. The minimum absolute atomic E-state index is 0.109. The van der Waals surface area contributed by atoms with Crippen molar-refractivity contribution in [2.24, 2.45) is 0 Å². The van der Waals surface area contributed by atoms with Gasteiger partial charge in [-0.25, -0.2) is 0 Å². The Morgan fingerprint density at radius 1 is 1.08 bits per heavy atom. The number of rotatable bonds is 4. The van der Waals surface area contributed by atoms with Crippen LogP contribution in [0.4, 0.5) is 11.4 Å². The lowest BCUT2D eigenvalue weighted by Gasteiger charge is -2.33. The maximum absolute atomic E-state index is 12.9. The molecule has 5 heteroatoms. The zero-order chi connectivity index (χ0) is 18.7. The van der Waals surface area contributed by atoms with E-state index in [1.807, 2.05) is 36.4 Å². The molecule has 5 nitrogen and oxygen atoms in total. The summed E-state index contributed by atoms with van der Waals surface area (Å²) in [6.07, 6.45) is 0.915. The van der Waals surface area contributed by atoms with Gasteiger partial charge in [0.25, 0.3) is 5.91 Å². The van der Waals surface area contributed by atoms with Crippen LogP contribution in [-0.2, 0) is 22.4 Å². The van der Waals surface area contributed by atoms with Gasteiger partial charge in [0.1, 0.15) is 5.75 Å². The number of benzene rings is 2. The van der Waals surface area contributed by atoms with Gasteiger partial charge in [-0.15, -0.1) is 0 Å². The molecule has 0 spiro atoms. The number of nitrogens with zero attached hydrogens (tertiary/aromatic N) is 1. The van der Waals surface area contributed by atoms with Crippen LogP contribution in [0, 0.1) is 0 Å². The van der Waals surface area contributed by atoms with E-state index in [0.717, 1.165) is 29.7 Å². The van der Waals surface area contributed by atoms with Crippen molar-refractivity contribution in [3.05, 3.63) is 53.6 Å². The first kappa shape index (κ1) is 18.0. The molecule has 1 aliphatic heterocycles. The van der Waals surface area contributed by atoms with Crippen LogP contribution in [0.3, 0.4) is 0 Å². The standard InChI is InChI=1S/C21H24N2O3/c1-4-15-9-8-10-16(5-2)20(15)22-21(25)19-13-23(14(3)24)17-11-6-7-12-18(17)26-19/h6-12,19H,4-5,13H2,1-3H3,(H,22,25). The van der Waals surface area contributed by atoms with Crippen molar-refractivity contribution in [1.29, 1.82) is 0 Å². The summed E-state index contributed by atoms with van der Waals surface area (Å²) in [6.45, 7) is 5.83. The van der Waals surface area contributed by atoms with Gasteiger partial charge < -0.3 is 15.0 Å². The molecule has 2 aromatic carbocycles. The van der Waals surface area contributed by atoms with Gasteiger partial charge in [-0.2, -0.15) is 0 Å². The van der Waals surface area contributed by atoms with E-state index in [1.165, 1.54) is 6.92 Å². The predicted molar refractivity (Wildman–Crippen MR) is 103 cm³/mol. The maximum atomic E-state index is 12.9. The molecule has 0 aliphatic carbocycles. The van der Waals surface area contributed by atoms with Crippen LogP contribution in [0.2, 0.25) is 0 Å². The molecule has 2 amide bonds. The van der Waals surface area contributed by atoms with Gasteiger partial charge >= 0.3 is 0 Å². The van der Waals surface area contributed by atoms with Gasteiger partial charge in [-0.05, 0) is 36.1 Å². The Hall–Kier alpha value is -2.82. The molecule has 0 saturated heterocycles. The minimum Gasteiger partial charge on any atom is -0.476 e. The van der Waals surface area contributed by atoms with E-state index in [4.69, 9.17) is 4.74 Å². The molecule has 136 valence electrons. The zero-order valence-corrected chi connectivity index (χ0v) is 15.4. The summed E-state index contributed by atoms with van der Waals surface area (Å²) in [5.41, 5.74) is 3.75. The number of ether oxygens (including phenoxy) is 1. The molecule has 3 rings (SSSR count). The Labute approximate surface area is 154 Å². The number of hydrogen-bond donors (Lipinski definition) is 1. The Bertz CT molecular complexity index is 810. The van der Waals surface area contributed by atoms with Gasteiger partial charge in [0, 0.05) is 12.6 Å². The Balaban J connectivity index is 1.87. The lowest BCUT2D eigenvalue weighted by Crippen LogP contribution is -2.48. The molecular formula is C21H24N2O3. The fourth-order valence-electron chi connectivity index (χ4n) is 3.28. The maximum Gasteiger partial charge on any atom is 0.267 e. The van der Waals surface area contributed by atoms with E-state index in [9.17, 15) is 9.59 Å². The summed E-state index contributed by atoms with van der Waals surface area (Å²) in [6, 6.07) is 13.3. The van der Waals surface area contributed by atoms with Crippen LogP contribution in [0.15, 0.2) is 42.5 Å². The first-order valence-electron chi connectivity index (χ1n) is 9.00. The molecule has 1 aliphatic rings. The van der Waals surface area contributed by atoms with Crippen LogP contribution in [-0.4, -0.2) is 24.5 Å². The quantitative estimate of drug-likeness (QED) is 0.915. The van der Waals surface area contributed by atoms with Crippen molar-refractivity contribution < 1.29 is 14.3 Å². The monoisotopic (exact) mass is 352 g/mol. The second kappa shape index (κ2) is 7.60. The van der Waals surface area contributed by atoms with E-state index in [1.54, 1.807) is 11.0 Å². The highest BCUT2D eigenvalue weighted by atomic mass is 16.5. The Morgan fingerprint density at radius 3 is 2.35 bits per heavy atom. The van der Waals surface area contributed by atoms with Crippen molar-refractivity contribution in [2.45, 2.75) is 39.7 Å². The summed E-state index contributed by atoms with van der Waals surface area (Å²) in [4.78, 5) is 26.5. The van der Waals surface area contributed by atoms with Crippen LogP contribution >= 0.6 is 0 Å². The number of carbonyl (C=O) groups excluding carboxylic acids is 2. The second-order valence-corrected chi connectivity index (χ2v) is 6.35. The smallest absolute Gasteiger partial charge is 0.267 e. The van der Waals surface area contributed by atoms with E-state index >= 15 is 0 Å². The summed E-state index contributed by atoms with van der Waals surface area (Å²) in [5.74, 6) is 0.205. The van der Waals surface area contributed by atoms with Crippen LogP contribution in [0.25, 0.3) is 0 Å². The molecule has 0 fully saturated rings. The Kier molecular flexibility index (Phi) is 5.26. The number of para-hydroxylation sites is 3. The molecule has 2 aromatic rings. The molecule has 0 aromatic heterocycles. The molecule has 1 heterocycles. The van der Waals surface area contributed by atoms with Crippen molar-refractivity contribution >= 4 is 23.2 Å². The van der Waals surface area contributed by atoms with Gasteiger partial charge in [0.15, 0.2) is 6.10 Å². The van der Waals surface area contributed by atoms with E-state index in [0.29, 0.717) is 11.4 Å². The number of anilines is 2. The van der Waals surface area contributed by atoms with Crippen LogP contribution in [0.5, 0.6) is 5.75 Å². The number of hydrogen-bond acceptors (Lipinski definition) is 3. The summed E-state index contributed by atoms with van der Waals surface area (Å²) in [5, 5.41) is 3.04. The molecule has 1 N–H and O–H groups in total. The topological polar surface area (TPSA) is 58.6 Å². The zero-order valence-electron chi connectivity index (χ0n) is 15.4. The number of fused-ring (bicyclic) bond motifs is 1. The minimum atomic E-state index is -0.747. The van der Waals surface area contributed by atoms with Gasteiger partial charge in [-0.1, -0.05) is 44.2 Å². The fraction of sp³-hybridized carbons (Fsp3) is 0.333. The van der Waals surface area contributed by atoms with E-state index in [-0.39, 0.29) is 18.4 Å². The second-order valence-electron chi connectivity index (χ2n) is 6.35. The third kappa shape index (κ3) is 3.43. The largest absolute Gasteiger partial charge is 0.476 e. The molecule has 1 unspecified atom stereocenters. The predicted octanol–water partition coefficient (Wildman–Crippen LogP) is 3.56. The molecule has 26 heavy (non-hydrogen) atoms. The molecular weight excluding hydrogens is 328 g/mol. The van der Waals surface area contributed by atoms with Crippen LogP contribution < -0.4 is 15.0 Å².